The number of rotatable bonds is 6. The molecule has 7 nitrogen and oxygen atoms in total. The monoisotopic (exact) mass is 288 g/mol. The van der Waals surface area contributed by atoms with Crippen molar-refractivity contribution < 1.29 is 10.0 Å². The topological polar surface area (TPSA) is 100 Å². The summed E-state index contributed by atoms with van der Waals surface area (Å²) in [5.41, 5.74) is 0.965. The molecule has 1 aromatic heterocycles. The summed E-state index contributed by atoms with van der Waals surface area (Å²) in [4.78, 5) is 14.7. The SMILES string of the molecule is CNc1ccc([N+](=O)[O-])c(NCCc2ccc(O)cc2)n1. The maximum atomic E-state index is 11.0. The quantitative estimate of drug-likeness (QED) is 0.557. The van der Waals surface area contributed by atoms with Gasteiger partial charge in [0, 0.05) is 19.7 Å². The third-order valence-electron chi connectivity index (χ3n) is 2.97. The number of nitro groups is 1. The highest BCUT2D eigenvalue weighted by molar-refractivity contribution is 5.60. The highest BCUT2D eigenvalue weighted by Gasteiger charge is 2.15. The van der Waals surface area contributed by atoms with Gasteiger partial charge in [-0.05, 0) is 30.2 Å². The van der Waals surface area contributed by atoms with Crippen LogP contribution in [0.1, 0.15) is 5.56 Å². The minimum atomic E-state index is -0.463. The van der Waals surface area contributed by atoms with Crippen LogP contribution in [0, 0.1) is 10.1 Å². The van der Waals surface area contributed by atoms with E-state index in [1.807, 2.05) is 12.1 Å². The molecular formula is C14H16N4O3. The fourth-order valence-electron chi connectivity index (χ4n) is 1.86. The van der Waals surface area contributed by atoms with Crippen LogP contribution in [0.15, 0.2) is 36.4 Å². The van der Waals surface area contributed by atoms with E-state index in [0.717, 1.165) is 5.56 Å². The van der Waals surface area contributed by atoms with Gasteiger partial charge in [-0.3, -0.25) is 10.1 Å². The molecule has 1 heterocycles. The number of aromatic hydroxyl groups is 1. The van der Waals surface area contributed by atoms with Gasteiger partial charge in [-0.2, -0.15) is 0 Å². The third kappa shape index (κ3) is 3.82. The number of aromatic nitrogens is 1. The van der Waals surface area contributed by atoms with Gasteiger partial charge in [0.15, 0.2) is 0 Å². The summed E-state index contributed by atoms with van der Waals surface area (Å²) in [5, 5.41) is 26.0. The van der Waals surface area contributed by atoms with Crippen molar-refractivity contribution in [1.82, 2.24) is 4.98 Å². The van der Waals surface area contributed by atoms with Crippen LogP contribution in [0.2, 0.25) is 0 Å². The number of pyridine rings is 1. The molecule has 0 bridgehead atoms. The fraction of sp³-hybridized carbons (Fsp3) is 0.214. The van der Waals surface area contributed by atoms with Crippen molar-refractivity contribution in [3.05, 3.63) is 52.1 Å². The lowest BCUT2D eigenvalue weighted by Crippen LogP contribution is -2.09. The number of benzene rings is 1. The van der Waals surface area contributed by atoms with Crippen LogP contribution in [-0.4, -0.2) is 28.6 Å². The van der Waals surface area contributed by atoms with Crippen molar-refractivity contribution in [3.8, 4) is 5.75 Å². The number of nitrogens with zero attached hydrogens (tertiary/aromatic N) is 2. The maximum Gasteiger partial charge on any atom is 0.311 e. The van der Waals surface area contributed by atoms with Crippen molar-refractivity contribution in [1.29, 1.82) is 0 Å². The van der Waals surface area contributed by atoms with Crippen molar-refractivity contribution in [2.24, 2.45) is 0 Å². The van der Waals surface area contributed by atoms with Crippen LogP contribution < -0.4 is 10.6 Å². The van der Waals surface area contributed by atoms with Crippen molar-refractivity contribution >= 4 is 17.3 Å². The van der Waals surface area contributed by atoms with E-state index in [1.54, 1.807) is 25.2 Å². The molecule has 2 aromatic rings. The molecule has 7 heteroatoms. The van der Waals surface area contributed by atoms with Crippen molar-refractivity contribution in [3.63, 3.8) is 0 Å². The molecule has 0 aliphatic carbocycles. The predicted octanol–water partition coefficient (Wildman–Crippen LogP) is 2.39. The van der Waals surface area contributed by atoms with Gasteiger partial charge in [0.25, 0.3) is 0 Å². The van der Waals surface area contributed by atoms with Gasteiger partial charge < -0.3 is 15.7 Å². The van der Waals surface area contributed by atoms with E-state index in [-0.39, 0.29) is 17.3 Å². The summed E-state index contributed by atoms with van der Waals surface area (Å²) in [6.07, 6.45) is 0.670. The lowest BCUT2D eigenvalue weighted by molar-refractivity contribution is -0.384. The molecule has 21 heavy (non-hydrogen) atoms. The van der Waals surface area contributed by atoms with Crippen LogP contribution >= 0.6 is 0 Å². The lowest BCUT2D eigenvalue weighted by Gasteiger charge is -2.08. The molecule has 3 N–H and O–H groups in total. The summed E-state index contributed by atoms with van der Waals surface area (Å²) < 4.78 is 0. The number of phenols is 1. The second-order valence-electron chi connectivity index (χ2n) is 4.41. The number of anilines is 2. The standard InChI is InChI=1S/C14H16N4O3/c1-15-13-7-6-12(18(20)21)14(17-13)16-9-8-10-2-4-11(19)5-3-10/h2-7,19H,8-9H2,1H3,(H2,15,16,17). The van der Waals surface area contributed by atoms with Crippen molar-refractivity contribution in [2.45, 2.75) is 6.42 Å². The van der Waals surface area contributed by atoms with Crippen LogP contribution in [0.4, 0.5) is 17.3 Å². The summed E-state index contributed by atoms with van der Waals surface area (Å²) >= 11 is 0. The average molecular weight is 288 g/mol. The van der Waals surface area contributed by atoms with Gasteiger partial charge in [-0.25, -0.2) is 4.98 Å². The summed E-state index contributed by atoms with van der Waals surface area (Å²) in [6.45, 7) is 0.506. The molecule has 0 aliphatic heterocycles. The van der Waals surface area contributed by atoms with E-state index in [1.165, 1.54) is 6.07 Å². The number of hydrogen-bond acceptors (Lipinski definition) is 6. The first-order valence-corrected chi connectivity index (χ1v) is 6.45. The van der Waals surface area contributed by atoms with E-state index < -0.39 is 4.92 Å². The van der Waals surface area contributed by atoms with Gasteiger partial charge in [-0.15, -0.1) is 0 Å². The summed E-state index contributed by atoms with van der Waals surface area (Å²) in [6, 6.07) is 9.81. The zero-order chi connectivity index (χ0) is 15.2. The second kappa shape index (κ2) is 6.56. The molecule has 0 unspecified atom stereocenters. The molecule has 0 saturated carbocycles. The Bertz CT molecular complexity index is 629. The predicted molar refractivity (Wildman–Crippen MR) is 80.7 cm³/mol. The Morgan fingerprint density at radius 2 is 1.95 bits per heavy atom. The van der Waals surface area contributed by atoms with E-state index in [4.69, 9.17) is 0 Å². The minimum absolute atomic E-state index is 0.0558. The number of nitrogens with one attached hydrogen (secondary N) is 2. The smallest absolute Gasteiger partial charge is 0.311 e. The summed E-state index contributed by atoms with van der Waals surface area (Å²) in [5.74, 6) is 1.02. The van der Waals surface area contributed by atoms with Gasteiger partial charge in [0.2, 0.25) is 5.82 Å². The molecule has 110 valence electrons. The molecule has 0 aliphatic rings. The normalized spacial score (nSPS) is 10.1. The maximum absolute atomic E-state index is 11.0. The Hall–Kier alpha value is -2.83. The first-order valence-electron chi connectivity index (χ1n) is 6.45. The van der Waals surface area contributed by atoms with Crippen LogP contribution in [0.3, 0.4) is 0 Å². The Labute approximate surface area is 121 Å². The molecule has 1 aromatic carbocycles. The van der Waals surface area contributed by atoms with E-state index in [2.05, 4.69) is 15.6 Å². The molecular weight excluding hydrogens is 272 g/mol. The molecule has 0 amide bonds. The van der Waals surface area contributed by atoms with E-state index in [9.17, 15) is 15.2 Å². The van der Waals surface area contributed by atoms with E-state index in [0.29, 0.717) is 18.8 Å². The number of phenolic OH excluding ortho intramolecular Hbond substituents is 1. The zero-order valence-electron chi connectivity index (χ0n) is 11.5. The average Bonchev–Trinajstić information content (AvgIpc) is 2.49. The zero-order valence-corrected chi connectivity index (χ0v) is 11.5. The van der Waals surface area contributed by atoms with Gasteiger partial charge >= 0.3 is 5.69 Å². The van der Waals surface area contributed by atoms with Crippen LogP contribution in [0.5, 0.6) is 5.75 Å². The first-order chi connectivity index (χ1) is 10.1. The fourth-order valence-corrected chi connectivity index (χ4v) is 1.86. The Morgan fingerprint density at radius 1 is 1.24 bits per heavy atom. The first kappa shape index (κ1) is 14.6. The summed E-state index contributed by atoms with van der Waals surface area (Å²) in [7, 11) is 1.70. The molecule has 0 radical (unpaired) electrons. The Kier molecular flexibility index (Phi) is 4.55. The molecule has 0 fully saturated rings. The van der Waals surface area contributed by atoms with E-state index >= 15 is 0 Å². The minimum Gasteiger partial charge on any atom is -0.508 e. The van der Waals surface area contributed by atoms with Gasteiger partial charge in [0.1, 0.15) is 11.6 Å². The number of hydrogen-bond donors (Lipinski definition) is 3. The highest BCUT2D eigenvalue weighted by Crippen LogP contribution is 2.23. The molecule has 0 saturated heterocycles. The molecule has 2 rings (SSSR count). The van der Waals surface area contributed by atoms with Gasteiger partial charge in [0.05, 0.1) is 4.92 Å². The highest BCUT2D eigenvalue weighted by atomic mass is 16.6. The largest absolute Gasteiger partial charge is 0.508 e. The molecule has 0 spiro atoms. The molecule has 0 atom stereocenters. The Balaban J connectivity index is 2.04. The van der Waals surface area contributed by atoms with Crippen molar-refractivity contribution in [2.75, 3.05) is 24.2 Å². The van der Waals surface area contributed by atoms with Crippen LogP contribution in [-0.2, 0) is 6.42 Å². The Morgan fingerprint density at radius 3 is 2.57 bits per heavy atom. The third-order valence-corrected chi connectivity index (χ3v) is 2.97. The van der Waals surface area contributed by atoms with Gasteiger partial charge in [-0.1, -0.05) is 12.1 Å². The van der Waals surface area contributed by atoms with Crippen LogP contribution in [0.25, 0.3) is 0 Å². The second-order valence-corrected chi connectivity index (χ2v) is 4.41. The lowest BCUT2D eigenvalue weighted by atomic mass is 10.1.